The van der Waals surface area contributed by atoms with E-state index in [1.807, 2.05) is 12.1 Å². The molecule has 0 atom stereocenters. The Balaban J connectivity index is 0.00000261. The van der Waals surface area contributed by atoms with Crippen molar-refractivity contribution < 1.29 is 13.9 Å². The van der Waals surface area contributed by atoms with E-state index in [1.54, 1.807) is 32.6 Å². The molecule has 2 aromatic rings. The highest BCUT2D eigenvalue weighted by Crippen LogP contribution is 2.35. The minimum Gasteiger partial charge on any atom is -0.493 e. The standard InChI is InChI=1S/C20H22FN3O2.ClH/c1-20(2)11-14-9-17(25-3)18(26-4)10-16(14)19(23-20)24-22-12-13-5-7-15(21)8-6-13;/h5-10,12H,11H2,1-4H3,(H,23,24);1H/b22-12+;. The van der Waals surface area contributed by atoms with Crippen LogP contribution in [0.5, 0.6) is 11.5 Å². The number of rotatable bonds is 4. The molecule has 0 aliphatic carbocycles. The van der Waals surface area contributed by atoms with Crippen LogP contribution in [0.1, 0.15) is 30.5 Å². The highest BCUT2D eigenvalue weighted by Gasteiger charge is 2.28. The maximum Gasteiger partial charge on any atom is 0.161 e. The number of halogens is 2. The molecule has 1 aliphatic heterocycles. The summed E-state index contributed by atoms with van der Waals surface area (Å²) < 4.78 is 23.8. The summed E-state index contributed by atoms with van der Waals surface area (Å²) in [5, 5.41) is 4.26. The van der Waals surface area contributed by atoms with Crippen molar-refractivity contribution in [3.63, 3.8) is 0 Å². The number of hydrogen-bond acceptors (Lipinski definition) is 5. The normalized spacial score (nSPS) is 14.8. The SMILES string of the molecule is COc1cc2c(cc1OC)C(N/N=C/c1ccc(F)cc1)=NC(C)(C)C2.Cl. The Morgan fingerprint density at radius 1 is 1.11 bits per heavy atom. The summed E-state index contributed by atoms with van der Waals surface area (Å²) in [6, 6.07) is 10.0. The van der Waals surface area contributed by atoms with Gasteiger partial charge in [-0.15, -0.1) is 12.4 Å². The maximum atomic E-state index is 13.0. The molecule has 2 aromatic carbocycles. The number of benzene rings is 2. The van der Waals surface area contributed by atoms with Crippen molar-refractivity contribution in [3.8, 4) is 11.5 Å². The first-order chi connectivity index (χ1) is 12.4. The Morgan fingerprint density at radius 2 is 1.74 bits per heavy atom. The van der Waals surface area contributed by atoms with Crippen LogP contribution in [0.4, 0.5) is 4.39 Å². The number of aliphatic imine (C=N–C) groups is 1. The van der Waals surface area contributed by atoms with Gasteiger partial charge in [0, 0.05) is 5.56 Å². The lowest BCUT2D eigenvalue weighted by molar-refractivity contribution is 0.353. The maximum absolute atomic E-state index is 13.0. The van der Waals surface area contributed by atoms with Crippen molar-refractivity contribution in [2.45, 2.75) is 25.8 Å². The molecule has 1 aliphatic rings. The highest BCUT2D eigenvalue weighted by molar-refractivity contribution is 6.02. The van der Waals surface area contributed by atoms with E-state index in [1.165, 1.54) is 12.1 Å². The molecule has 3 rings (SSSR count). The Morgan fingerprint density at radius 3 is 2.37 bits per heavy atom. The van der Waals surface area contributed by atoms with Gasteiger partial charge in [-0.1, -0.05) is 12.1 Å². The largest absolute Gasteiger partial charge is 0.493 e. The fraction of sp³-hybridized carbons (Fsp3) is 0.300. The van der Waals surface area contributed by atoms with Crippen LogP contribution in [0.2, 0.25) is 0 Å². The van der Waals surface area contributed by atoms with Gasteiger partial charge >= 0.3 is 0 Å². The van der Waals surface area contributed by atoms with Crippen molar-refractivity contribution in [2.24, 2.45) is 10.1 Å². The molecule has 0 saturated carbocycles. The number of methoxy groups -OCH3 is 2. The molecule has 27 heavy (non-hydrogen) atoms. The summed E-state index contributed by atoms with van der Waals surface area (Å²) in [5.74, 6) is 1.72. The van der Waals surface area contributed by atoms with Gasteiger partial charge < -0.3 is 9.47 Å². The summed E-state index contributed by atoms with van der Waals surface area (Å²) in [5.41, 5.74) is 5.59. The Bertz CT molecular complexity index is 864. The van der Waals surface area contributed by atoms with E-state index in [4.69, 9.17) is 14.5 Å². The number of nitrogens with zero attached hydrogens (tertiary/aromatic N) is 2. The number of fused-ring (bicyclic) bond motifs is 1. The van der Waals surface area contributed by atoms with Crippen molar-refractivity contribution in [1.29, 1.82) is 0 Å². The van der Waals surface area contributed by atoms with E-state index in [0.717, 1.165) is 23.1 Å². The number of hydrogen-bond donors (Lipinski definition) is 1. The molecule has 144 valence electrons. The second kappa shape index (κ2) is 8.39. The monoisotopic (exact) mass is 391 g/mol. The highest BCUT2D eigenvalue weighted by atomic mass is 35.5. The van der Waals surface area contributed by atoms with Crippen LogP contribution >= 0.6 is 12.4 Å². The van der Waals surface area contributed by atoms with Crippen molar-refractivity contribution in [2.75, 3.05) is 14.2 Å². The average molecular weight is 392 g/mol. The van der Waals surface area contributed by atoms with Crippen molar-refractivity contribution in [1.82, 2.24) is 5.43 Å². The van der Waals surface area contributed by atoms with Crippen molar-refractivity contribution in [3.05, 3.63) is 58.9 Å². The van der Waals surface area contributed by atoms with Gasteiger partial charge in [-0.25, -0.2) is 4.39 Å². The lowest BCUT2D eigenvalue weighted by atomic mass is 9.88. The zero-order valence-corrected chi connectivity index (χ0v) is 16.6. The van der Waals surface area contributed by atoms with Crippen LogP contribution < -0.4 is 14.9 Å². The van der Waals surface area contributed by atoms with Crippen LogP contribution in [-0.4, -0.2) is 31.8 Å². The number of ether oxygens (including phenoxy) is 2. The Labute approximate surface area is 164 Å². The van der Waals surface area contributed by atoms with Gasteiger partial charge in [-0.2, -0.15) is 5.10 Å². The van der Waals surface area contributed by atoms with E-state index in [9.17, 15) is 4.39 Å². The first-order valence-electron chi connectivity index (χ1n) is 8.31. The first kappa shape index (κ1) is 20.7. The first-order valence-corrected chi connectivity index (χ1v) is 8.31. The number of nitrogens with one attached hydrogen (secondary N) is 1. The molecular weight excluding hydrogens is 369 g/mol. The minimum atomic E-state index is -0.275. The molecule has 1 N–H and O–H groups in total. The topological polar surface area (TPSA) is 55.2 Å². The third-order valence-electron chi connectivity index (χ3n) is 4.16. The Kier molecular flexibility index (Phi) is 6.44. The molecule has 5 nitrogen and oxygen atoms in total. The second-order valence-corrected chi connectivity index (χ2v) is 6.74. The van der Waals surface area contributed by atoms with E-state index in [2.05, 4.69) is 24.4 Å². The summed E-state index contributed by atoms with van der Waals surface area (Å²) in [7, 11) is 3.23. The van der Waals surface area contributed by atoms with Gasteiger partial charge in [-0.05, 0) is 55.7 Å². The van der Waals surface area contributed by atoms with Gasteiger partial charge in [0.1, 0.15) is 11.7 Å². The molecule has 0 aromatic heterocycles. The molecule has 7 heteroatoms. The smallest absolute Gasteiger partial charge is 0.161 e. The van der Waals surface area contributed by atoms with E-state index >= 15 is 0 Å². The molecule has 0 radical (unpaired) electrons. The number of amidine groups is 1. The predicted molar refractivity (Wildman–Crippen MR) is 108 cm³/mol. The molecule has 0 spiro atoms. The zero-order valence-electron chi connectivity index (χ0n) is 15.7. The third-order valence-corrected chi connectivity index (χ3v) is 4.16. The van der Waals surface area contributed by atoms with E-state index in [-0.39, 0.29) is 23.8 Å². The second-order valence-electron chi connectivity index (χ2n) is 6.74. The third kappa shape index (κ3) is 4.77. The van der Waals surface area contributed by atoms with E-state index < -0.39 is 0 Å². The summed E-state index contributed by atoms with van der Waals surface area (Å²) >= 11 is 0. The van der Waals surface area contributed by atoms with Crippen LogP contribution in [0.25, 0.3) is 0 Å². The molecule has 0 bridgehead atoms. The van der Waals surface area contributed by atoms with Crippen LogP contribution in [0, 0.1) is 5.82 Å². The van der Waals surface area contributed by atoms with Crippen LogP contribution in [0.15, 0.2) is 46.5 Å². The van der Waals surface area contributed by atoms with Gasteiger partial charge in [0.15, 0.2) is 11.5 Å². The average Bonchev–Trinajstić information content (AvgIpc) is 2.61. The molecule has 0 amide bonds. The molecule has 0 saturated heterocycles. The van der Waals surface area contributed by atoms with E-state index in [0.29, 0.717) is 17.3 Å². The van der Waals surface area contributed by atoms with Gasteiger partial charge in [0.2, 0.25) is 0 Å². The lowest BCUT2D eigenvalue weighted by Crippen LogP contribution is -2.34. The summed E-state index contributed by atoms with van der Waals surface area (Å²) in [6.07, 6.45) is 2.42. The van der Waals surface area contributed by atoms with Crippen LogP contribution in [0.3, 0.4) is 0 Å². The van der Waals surface area contributed by atoms with Crippen LogP contribution in [-0.2, 0) is 6.42 Å². The molecule has 0 fully saturated rings. The lowest BCUT2D eigenvalue weighted by Gasteiger charge is -2.29. The van der Waals surface area contributed by atoms with Crippen molar-refractivity contribution >= 4 is 24.5 Å². The number of hydrazone groups is 1. The van der Waals surface area contributed by atoms with Gasteiger partial charge in [-0.3, -0.25) is 10.4 Å². The summed E-state index contributed by atoms with van der Waals surface area (Å²) in [6.45, 7) is 4.13. The zero-order chi connectivity index (χ0) is 18.7. The van der Waals surface area contributed by atoms with Gasteiger partial charge in [0.05, 0.1) is 26.0 Å². The predicted octanol–water partition coefficient (Wildman–Crippen LogP) is 3.97. The quantitative estimate of drug-likeness (QED) is 0.633. The molecular formula is C20H23ClFN3O2. The molecule has 0 unspecified atom stereocenters. The minimum absolute atomic E-state index is 0. The van der Waals surface area contributed by atoms with Gasteiger partial charge in [0.25, 0.3) is 0 Å². The molecule has 1 heterocycles. The Hall–Kier alpha value is -2.60. The summed E-state index contributed by atoms with van der Waals surface area (Å²) in [4.78, 5) is 4.77. The fourth-order valence-corrected chi connectivity index (χ4v) is 2.96. The fourth-order valence-electron chi connectivity index (χ4n) is 2.96.